The highest BCUT2D eigenvalue weighted by Crippen LogP contribution is 2.42. The van der Waals surface area contributed by atoms with E-state index in [0.717, 1.165) is 11.4 Å². The monoisotopic (exact) mass is 286 g/mol. The van der Waals surface area contributed by atoms with E-state index in [0.29, 0.717) is 24.7 Å². The Labute approximate surface area is 123 Å². The molecule has 0 radical (unpaired) electrons. The Bertz CT molecular complexity index is 628. The van der Waals surface area contributed by atoms with Crippen LogP contribution in [0.5, 0.6) is 0 Å². The lowest BCUT2D eigenvalue weighted by atomic mass is 10.1. The fraction of sp³-hybridized carbons (Fsp3) is 0.400. The van der Waals surface area contributed by atoms with Crippen LogP contribution in [0, 0.1) is 5.41 Å². The van der Waals surface area contributed by atoms with Crippen LogP contribution in [0.1, 0.15) is 0 Å². The maximum Gasteiger partial charge on any atom is 0.135 e. The molecule has 6 nitrogen and oxygen atoms in total. The molecule has 21 heavy (non-hydrogen) atoms. The van der Waals surface area contributed by atoms with Gasteiger partial charge in [-0.3, -0.25) is 5.41 Å². The quantitative estimate of drug-likeness (QED) is 0.816. The first-order valence-corrected chi connectivity index (χ1v) is 7.02. The van der Waals surface area contributed by atoms with Gasteiger partial charge >= 0.3 is 0 Å². The van der Waals surface area contributed by atoms with E-state index in [2.05, 4.69) is 21.9 Å². The molecule has 1 aromatic carbocycles. The van der Waals surface area contributed by atoms with Crippen molar-refractivity contribution in [3.63, 3.8) is 0 Å². The van der Waals surface area contributed by atoms with Crippen molar-refractivity contribution < 1.29 is 9.84 Å². The molecule has 1 aromatic rings. The van der Waals surface area contributed by atoms with Gasteiger partial charge in [0.2, 0.25) is 0 Å². The number of aliphatic hydroxyl groups excluding tert-OH is 1. The number of para-hydroxylation sites is 2. The van der Waals surface area contributed by atoms with Gasteiger partial charge in [0.15, 0.2) is 0 Å². The molecule has 3 heterocycles. The van der Waals surface area contributed by atoms with E-state index < -0.39 is 0 Å². The summed E-state index contributed by atoms with van der Waals surface area (Å²) in [5, 5.41) is 19.0. The zero-order valence-corrected chi connectivity index (χ0v) is 12.1. The maximum atomic E-state index is 10.6. The third-order valence-corrected chi connectivity index (χ3v) is 4.65. The lowest BCUT2D eigenvalue weighted by Gasteiger charge is -2.29. The van der Waals surface area contributed by atoms with Crippen LogP contribution in [0.2, 0.25) is 0 Å². The number of hydrogen-bond acceptors (Lipinski definition) is 5. The molecule has 3 aliphatic rings. The van der Waals surface area contributed by atoms with Gasteiger partial charge in [-0.25, -0.2) is 0 Å². The normalized spacial score (nSPS) is 25.1. The fourth-order valence-corrected chi connectivity index (χ4v) is 3.57. The topological polar surface area (TPSA) is 63.0 Å². The minimum atomic E-state index is -0.196. The Morgan fingerprint density at radius 3 is 2.38 bits per heavy atom. The van der Waals surface area contributed by atoms with E-state index >= 15 is 0 Å². The highest BCUT2D eigenvalue weighted by Gasteiger charge is 2.47. The van der Waals surface area contributed by atoms with Crippen LogP contribution in [0.25, 0.3) is 0 Å². The molecule has 6 heteroatoms. The zero-order chi connectivity index (χ0) is 14.7. The number of anilines is 2. The number of nitrogens with one attached hydrogen (secondary N) is 1. The van der Waals surface area contributed by atoms with E-state index in [4.69, 9.17) is 10.1 Å². The molecule has 110 valence electrons. The lowest BCUT2D eigenvalue weighted by Crippen LogP contribution is -2.44. The van der Waals surface area contributed by atoms with E-state index in [1.165, 1.54) is 0 Å². The van der Waals surface area contributed by atoms with Crippen LogP contribution in [-0.4, -0.2) is 55.5 Å². The average Bonchev–Trinajstić information content (AvgIpc) is 3.12. The largest absolute Gasteiger partial charge is 0.509 e. The van der Waals surface area contributed by atoms with Crippen molar-refractivity contribution in [1.29, 1.82) is 5.41 Å². The van der Waals surface area contributed by atoms with Gasteiger partial charge in [0.25, 0.3) is 0 Å². The summed E-state index contributed by atoms with van der Waals surface area (Å²) in [7, 11) is 4.00. The van der Waals surface area contributed by atoms with Crippen molar-refractivity contribution in [3.05, 3.63) is 35.6 Å². The summed E-state index contributed by atoms with van der Waals surface area (Å²) >= 11 is 0. The second-order valence-corrected chi connectivity index (χ2v) is 5.72. The fourth-order valence-electron chi connectivity index (χ4n) is 3.57. The Balaban J connectivity index is 1.78. The lowest BCUT2D eigenvalue weighted by molar-refractivity contribution is 0.167. The molecule has 0 aliphatic carbocycles. The second kappa shape index (κ2) is 4.14. The summed E-state index contributed by atoms with van der Waals surface area (Å²) in [5.74, 6) is 0.639. The summed E-state index contributed by atoms with van der Waals surface area (Å²) in [6, 6.07) is 7.94. The third-order valence-electron chi connectivity index (χ3n) is 4.65. The molecule has 0 saturated carbocycles. The van der Waals surface area contributed by atoms with Crippen LogP contribution in [0.15, 0.2) is 35.6 Å². The summed E-state index contributed by atoms with van der Waals surface area (Å²) in [6.07, 6.45) is -0.152. The van der Waals surface area contributed by atoms with Gasteiger partial charge in [0.1, 0.15) is 30.5 Å². The zero-order valence-electron chi connectivity index (χ0n) is 12.1. The first-order chi connectivity index (χ1) is 10.1. The molecule has 1 saturated heterocycles. The van der Waals surface area contributed by atoms with E-state index in [1.807, 2.05) is 31.1 Å². The van der Waals surface area contributed by atoms with Crippen LogP contribution in [0.4, 0.5) is 11.4 Å². The van der Waals surface area contributed by atoms with Crippen molar-refractivity contribution in [1.82, 2.24) is 4.90 Å². The second-order valence-electron chi connectivity index (χ2n) is 5.72. The van der Waals surface area contributed by atoms with Crippen LogP contribution >= 0.6 is 0 Å². The van der Waals surface area contributed by atoms with Crippen molar-refractivity contribution in [2.45, 2.75) is 12.2 Å². The van der Waals surface area contributed by atoms with Crippen molar-refractivity contribution >= 4 is 17.2 Å². The third kappa shape index (κ3) is 1.48. The molecule has 0 spiro atoms. The summed E-state index contributed by atoms with van der Waals surface area (Å²) < 4.78 is 5.34. The molecule has 0 aromatic heterocycles. The SMILES string of the molecule is CN1c2ccccc2N(C)C1C1=C(O)C2COCN2C1=N. The molecule has 1 atom stereocenters. The molecular formula is C15H18N4O2. The highest BCUT2D eigenvalue weighted by atomic mass is 16.5. The van der Waals surface area contributed by atoms with Gasteiger partial charge in [-0.1, -0.05) is 12.1 Å². The van der Waals surface area contributed by atoms with Gasteiger partial charge in [-0.15, -0.1) is 0 Å². The first kappa shape index (κ1) is 12.5. The predicted molar refractivity (Wildman–Crippen MR) is 80.9 cm³/mol. The minimum absolute atomic E-state index is 0.152. The molecule has 0 bridgehead atoms. The number of nitrogens with zero attached hydrogens (tertiary/aromatic N) is 3. The summed E-state index contributed by atoms with van der Waals surface area (Å²) in [5.41, 5.74) is 2.91. The number of rotatable bonds is 1. The molecular weight excluding hydrogens is 268 g/mol. The number of fused-ring (bicyclic) bond motifs is 2. The number of hydrogen-bond donors (Lipinski definition) is 2. The Morgan fingerprint density at radius 1 is 1.19 bits per heavy atom. The number of likely N-dealkylation sites (N-methyl/N-ethyl adjacent to an activating group) is 2. The molecule has 0 amide bonds. The molecule has 3 aliphatic heterocycles. The van der Waals surface area contributed by atoms with Crippen molar-refractivity contribution in [2.75, 3.05) is 37.2 Å². The molecule has 4 rings (SSSR count). The van der Waals surface area contributed by atoms with Crippen molar-refractivity contribution in [3.8, 4) is 0 Å². The van der Waals surface area contributed by atoms with Crippen molar-refractivity contribution in [2.24, 2.45) is 0 Å². The Hall–Kier alpha value is -2.21. The Kier molecular flexibility index (Phi) is 2.47. The Morgan fingerprint density at radius 2 is 1.81 bits per heavy atom. The molecule has 1 unspecified atom stereocenters. The van der Waals surface area contributed by atoms with Gasteiger partial charge in [0, 0.05) is 14.1 Å². The van der Waals surface area contributed by atoms with Gasteiger partial charge in [-0.2, -0.15) is 0 Å². The minimum Gasteiger partial charge on any atom is -0.509 e. The van der Waals surface area contributed by atoms with Crippen LogP contribution in [-0.2, 0) is 4.74 Å². The number of aliphatic hydroxyl groups is 1. The maximum absolute atomic E-state index is 10.6. The van der Waals surface area contributed by atoms with Gasteiger partial charge in [-0.05, 0) is 12.1 Å². The highest BCUT2D eigenvalue weighted by molar-refractivity contribution is 6.03. The molecule has 1 fully saturated rings. The standard InChI is InChI=1S/C15H18N4O2/c1-17-9-5-3-4-6-10(9)18(2)15(17)12-13(20)11-7-21-8-19(11)14(12)16/h3-6,11,15-16,20H,7-8H2,1-2H3. The summed E-state index contributed by atoms with van der Waals surface area (Å²) in [6.45, 7) is 0.828. The van der Waals surface area contributed by atoms with Gasteiger partial charge < -0.3 is 24.5 Å². The predicted octanol–water partition coefficient (Wildman–Crippen LogP) is 1.36. The average molecular weight is 286 g/mol. The van der Waals surface area contributed by atoms with Gasteiger partial charge in [0.05, 0.1) is 23.6 Å². The summed E-state index contributed by atoms with van der Waals surface area (Å²) in [4.78, 5) is 6.03. The van der Waals surface area contributed by atoms with E-state index in [1.54, 1.807) is 0 Å². The van der Waals surface area contributed by atoms with Crippen LogP contribution in [0.3, 0.4) is 0 Å². The number of ether oxygens (including phenoxy) is 1. The first-order valence-electron chi connectivity index (χ1n) is 7.02. The number of benzene rings is 1. The smallest absolute Gasteiger partial charge is 0.135 e. The molecule has 2 N–H and O–H groups in total. The number of amidine groups is 1. The van der Waals surface area contributed by atoms with E-state index in [-0.39, 0.29) is 18.0 Å². The van der Waals surface area contributed by atoms with Crippen LogP contribution < -0.4 is 9.80 Å². The van der Waals surface area contributed by atoms with E-state index in [9.17, 15) is 5.11 Å².